The summed E-state index contributed by atoms with van der Waals surface area (Å²) in [6, 6.07) is 14.6. The predicted molar refractivity (Wildman–Crippen MR) is 122 cm³/mol. The van der Waals surface area contributed by atoms with Gasteiger partial charge in [-0.3, -0.25) is 9.59 Å². The van der Waals surface area contributed by atoms with E-state index in [1.807, 2.05) is 44.2 Å². The molecule has 3 aromatic rings. The van der Waals surface area contributed by atoms with E-state index in [2.05, 4.69) is 4.57 Å². The van der Waals surface area contributed by atoms with Crippen LogP contribution in [0.1, 0.15) is 44.6 Å². The molecule has 1 heterocycles. The molecule has 0 N–H and O–H groups in total. The Kier molecular flexibility index (Phi) is 7.18. The number of rotatable bonds is 9. The van der Waals surface area contributed by atoms with Crippen molar-refractivity contribution in [2.75, 3.05) is 13.7 Å². The molecule has 5 nitrogen and oxygen atoms in total. The van der Waals surface area contributed by atoms with Crippen molar-refractivity contribution < 1.29 is 19.1 Å². The van der Waals surface area contributed by atoms with Gasteiger partial charge in [-0.1, -0.05) is 23.7 Å². The number of aromatic nitrogens is 1. The molecule has 0 aliphatic rings. The van der Waals surface area contributed by atoms with Crippen LogP contribution >= 0.6 is 11.6 Å². The highest BCUT2D eigenvalue weighted by Crippen LogP contribution is 2.28. The van der Waals surface area contributed by atoms with Crippen LogP contribution in [-0.4, -0.2) is 29.9 Å². The first-order chi connectivity index (χ1) is 14.8. The van der Waals surface area contributed by atoms with E-state index >= 15 is 0 Å². The van der Waals surface area contributed by atoms with Crippen molar-refractivity contribution in [3.8, 4) is 11.5 Å². The number of halogens is 1. The van der Waals surface area contributed by atoms with Gasteiger partial charge in [-0.25, -0.2) is 0 Å². The number of hydrogen-bond acceptors (Lipinski definition) is 4. The topological polar surface area (TPSA) is 57.5 Å². The Morgan fingerprint density at radius 1 is 1.00 bits per heavy atom. The molecule has 0 aliphatic carbocycles. The smallest absolute Gasteiger partial charge is 0.202 e. The summed E-state index contributed by atoms with van der Waals surface area (Å²) in [6.45, 7) is 6.09. The molecule has 0 spiro atoms. The van der Waals surface area contributed by atoms with Gasteiger partial charge in [0.15, 0.2) is 23.9 Å². The lowest BCUT2D eigenvalue weighted by atomic mass is 10.1. The molecule has 0 bridgehead atoms. The molecule has 3 rings (SSSR count). The predicted octanol–water partition coefficient (Wildman–Crippen LogP) is 5.47. The van der Waals surface area contributed by atoms with Gasteiger partial charge in [0, 0.05) is 34.1 Å². The normalized spacial score (nSPS) is 10.7. The van der Waals surface area contributed by atoms with Gasteiger partial charge in [0.1, 0.15) is 0 Å². The number of ether oxygens (including phenoxy) is 2. The number of nitrogens with zero attached hydrogens (tertiary/aromatic N) is 1. The molecule has 0 atom stereocenters. The van der Waals surface area contributed by atoms with Crippen LogP contribution in [0.3, 0.4) is 0 Å². The highest BCUT2D eigenvalue weighted by molar-refractivity contribution is 6.30. The summed E-state index contributed by atoms with van der Waals surface area (Å²) in [6.07, 6.45) is 0.845. The van der Waals surface area contributed by atoms with Crippen LogP contribution in [-0.2, 0) is 13.0 Å². The fourth-order valence-corrected chi connectivity index (χ4v) is 3.67. The van der Waals surface area contributed by atoms with Gasteiger partial charge in [0.2, 0.25) is 5.78 Å². The minimum Gasteiger partial charge on any atom is -0.493 e. The van der Waals surface area contributed by atoms with Crippen LogP contribution in [0.15, 0.2) is 48.5 Å². The number of Topliss-reactive ketones (excluding diaryl/α,β-unsaturated/α-hetero) is 2. The third-order valence-electron chi connectivity index (χ3n) is 5.34. The highest BCUT2D eigenvalue weighted by Gasteiger charge is 2.17. The Morgan fingerprint density at radius 2 is 1.71 bits per heavy atom. The largest absolute Gasteiger partial charge is 0.493 e. The lowest BCUT2D eigenvalue weighted by molar-refractivity contribution is 0.0917. The molecular formula is C25H26ClNO4. The lowest BCUT2D eigenvalue weighted by Crippen LogP contribution is -2.14. The van der Waals surface area contributed by atoms with Crippen molar-refractivity contribution in [3.05, 3.63) is 81.6 Å². The molecule has 0 radical (unpaired) electrons. The second kappa shape index (κ2) is 9.84. The third-order valence-corrected chi connectivity index (χ3v) is 5.59. The van der Waals surface area contributed by atoms with Crippen molar-refractivity contribution in [1.29, 1.82) is 0 Å². The van der Waals surface area contributed by atoms with Crippen LogP contribution in [0, 0.1) is 13.8 Å². The molecule has 1 aromatic heterocycles. The molecule has 6 heteroatoms. The standard InChI is InChI=1S/C25H26ClNO4/c1-16-13-22(17(2)27(16)12-11-19-5-8-21(26)9-6-19)23(29)15-31-24-10-7-20(18(3)28)14-25(24)30-4/h5-10,13-14H,11-12,15H2,1-4H3. The number of carbonyl (C=O) groups is 2. The van der Waals surface area contributed by atoms with Crippen molar-refractivity contribution in [1.82, 2.24) is 4.57 Å². The molecule has 31 heavy (non-hydrogen) atoms. The number of carbonyl (C=O) groups excluding carboxylic acids is 2. The van der Waals surface area contributed by atoms with Gasteiger partial charge in [-0.15, -0.1) is 0 Å². The van der Waals surface area contributed by atoms with Gasteiger partial charge >= 0.3 is 0 Å². The van der Waals surface area contributed by atoms with Crippen LogP contribution in [0.25, 0.3) is 0 Å². The van der Waals surface area contributed by atoms with E-state index in [0.29, 0.717) is 22.6 Å². The van der Waals surface area contributed by atoms with Crippen molar-refractivity contribution in [2.24, 2.45) is 0 Å². The lowest BCUT2D eigenvalue weighted by Gasteiger charge is -2.12. The first kappa shape index (κ1) is 22.6. The fourth-order valence-electron chi connectivity index (χ4n) is 3.55. The molecule has 0 saturated heterocycles. The Morgan fingerprint density at radius 3 is 2.35 bits per heavy atom. The number of benzene rings is 2. The fraction of sp³-hybridized carbons (Fsp3) is 0.280. The van der Waals surface area contributed by atoms with Crippen LogP contribution in [0.5, 0.6) is 11.5 Å². The maximum absolute atomic E-state index is 12.8. The summed E-state index contributed by atoms with van der Waals surface area (Å²) in [4.78, 5) is 24.4. The van der Waals surface area contributed by atoms with Crippen LogP contribution < -0.4 is 9.47 Å². The van der Waals surface area contributed by atoms with E-state index in [-0.39, 0.29) is 18.2 Å². The first-order valence-electron chi connectivity index (χ1n) is 10.1. The summed E-state index contributed by atoms with van der Waals surface area (Å²) in [7, 11) is 1.50. The third kappa shape index (κ3) is 5.36. The second-order valence-corrected chi connectivity index (χ2v) is 7.88. The van der Waals surface area contributed by atoms with Gasteiger partial charge in [0.05, 0.1) is 7.11 Å². The summed E-state index contributed by atoms with van der Waals surface area (Å²) in [5, 5.41) is 0.720. The minimum absolute atomic E-state index is 0.0630. The molecule has 0 saturated carbocycles. The Balaban J connectivity index is 1.69. The Labute approximate surface area is 187 Å². The number of hydrogen-bond donors (Lipinski definition) is 0. The summed E-state index contributed by atoms with van der Waals surface area (Å²) < 4.78 is 13.2. The maximum Gasteiger partial charge on any atom is 0.202 e. The van der Waals surface area contributed by atoms with E-state index in [4.69, 9.17) is 21.1 Å². The Hall–Kier alpha value is -3.05. The zero-order valence-corrected chi connectivity index (χ0v) is 19.0. The van der Waals surface area contributed by atoms with Crippen molar-refractivity contribution in [3.63, 3.8) is 0 Å². The van der Waals surface area contributed by atoms with Gasteiger partial charge in [0.25, 0.3) is 0 Å². The second-order valence-electron chi connectivity index (χ2n) is 7.45. The molecular weight excluding hydrogens is 414 g/mol. The highest BCUT2D eigenvalue weighted by atomic mass is 35.5. The van der Waals surface area contributed by atoms with E-state index in [1.165, 1.54) is 19.6 Å². The number of methoxy groups -OCH3 is 1. The quantitative estimate of drug-likeness (QED) is 0.414. The zero-order chi connectivity index (χ0) is 22.5. The van der Waals surface area contributed by atoms with E-state index < -0.39 is 0 Å². The minimum atomic E-state index is -0.114. The van der Waals surface area contributed by atoms with Crippen LogP contribution in [0.4, 0.5) is 0 Å². The van der Waals surface area contributed by atoms with Crippen molar-refractivity contribution >= 4 is 23.2 Å². The van der Waals surface area contributed by atoms with E-state index in [1.54, 1.807) is 18.2 Å². The van der Waals surface area contributed by atoms with E-state index in [0.717, 1.165) is 29.4 Å². The van der Waals surface area contributed by atoms with Crippen molar-refractivity contribution in [2.45, 2.75) is 33.7 Å². The molecule has 0 fully saturated rings. The van der Waals surface area contributed by atoms with Crippen LogP contribution in [0.2, 0.25) is 5.02 Å². The maximum atomic E-state index is 12.8. The average molecular weight is 440 g/mol. The molecule has 0 unspecified atom stereocenters. The SMILES string of the molecule is COc1cc(C(C)=O)ccc1OCC(=O)c1cc(C)n(CCc2ccc(Cl)cc2)c1C. The summed E-state index contributed by atoms with van der Waals surface area (Å²) in [5.74, 6) is 0.682. The van der Waals surface area contributed by atoms with Gasteiger partial charge < -0.3 is 14.0 Å². The monoisotopic (exact) mass is 439 g/mol. The Bertz CT molecular complexity index is 1100. The first-order valence-corrected chi connectivity index (χ1v) is 10.4. The molecule has 2 aromatic carbocycles. The van der Waals surface area contributed by atoms with Gasteiger partial charge in [-0.2, -0.15) is 0 Å². The van der Waals surface area contributed by atoms with Gasteiger partial charge in [-0.05, 0) is 69.2 Å². The zero-order valence-electron chi connectivity index (χ0n) is 18.2. The number of aryl methyl sites for hydroxylation is 2. The number of ketones is 2. The molecule has 0 amide bonds. The summed E-state index contributed by atoms with van der Waals surface area (Å²) in [5.41, 5.74) is 4.30. The average Bonchev–Trinajstić information content (AvgIpc) is 3.04. The summed E-state index contributed by atoms with van der Waals surface area (Å²) >= 11 is 5.95. The molecule has 162 valence electrons. The molecule has 0 aliphatic heterocycles. The van der Waals surface area contributed by atoms with E-state index in [9.17, 15) is 9.59 Å².